The van der Waals surface area contributed by atoms with Gasteiger partial charge in [0, 0.05) is 0 Å². The molecule has 4 N–H and O–H groups in total. The van der Waals surface area contributed by atoms with Crippen LogP contribution in [-0.4, -0.2) is 46.4 Å². The van der Waals surface area contributed by atoms with E-state index in [0.29, 0.717) is 12.2 Å². The lowest BCUT2D eigenvalue weighted by Gasteiger charge is -2.14. The molecule has 2 amide bonds. The van der Waals surface area contributed by atoms with Crippen molar-refractivity contribution >= 4 is 17.6 Å². The number of quaternary nitrogens is 1. The first-order valence-electron chi connectivity index (χ1n) is 7.51. The minimum atomic E-state index is -0.738. The number of para-hydroxylation sites is 1. The molecule has 1 aromatic carbocycles. The minimum absolute atomic E-state index is 0.0586. The average molecular weight is 317 g/mol. The fourth-order valence-corrected chi connectivity index (χ4v) is 2.14. The van der Waals surface area contributed by atoms with E-state index in [4.69, 9.17) is 5.73 Å². The number of benzene rings is 1. The second-order valence-corrected chi connectivity index (χ2v) is 5.07. The summed E-state index contributed by atoms with van der Waals surface area (Å²) in [5, 5.41) is 10.9. The van der Waals surface area contributed by atoms with Gasteiger partial charge in [-0.2, -0.15) is 0 Å². The van der Waals surface area contributed by atoms with Crippen LogP contribution in [0, 0.1) is 0 Å². The van der Waals surface area contributed by atoms with Gasteiger partial charge in [0.05, 0.1) is 18.8 Å². The number of carbonyl (C=O) groups is 2. The topological polar surface area (TPSA) is 107 Å². The van der Waals surface area contributed by atoms with E-state index in [1.54, 1.807) is 12.1 Å². The average Bonchev–Trinajstić information content (AvgIpc) is 2.97. The summed E-state index contributed by atoms with van der Waals surface area (Å²) >= 11 is 0. The fraction of sp³-hybridized carbons (Fsp3) is 0.333. The van der Waals surface area contributed by atoms with Crippen LogP contribution in [0.4, 0.5) is 5.82 Å². The highest BCUT2D eigenvalue weighted by Gasteiger charge is 2.20. The van der Waals surface area contributed by atoms with Crippen LogP contribution in [0.25, 0.3) is 5.69 Å². The molecule has 122 valence electrons. The zero-order valence-corrected chi connectivity index (χ0v) is 13.2. The molecule has 0 atom stereocenters. The summed E-state index contributed by atoms with van der Waals surface area (Å²) in [6.45, 7) is 5.98. The second-order valence-electron chi connectivity index (χ2n) is 5.07. The summed E-state index contributed by atoms with van der Waals surface area (Å²) in [7, 11) is 0. The highest BCUT2D eigenvalue weighted by molar-refractivity contribution is 6.00. The van der Waals surface area contributed by atoms with E-state index in [2.05, 4.69) is 15.5 Å². The maximum absolute atomic E-state index is 12.1. The van der Waals surface area contributed by atoms with Crippen molar-refractivity contribution in [3.63, 3.8) is 0 Å². The highest BCUT2D eigenvalue weighted by atomic mass is 16.2. The number of amides is 2. The molecule has 0 aliphatic heterocycles. The van der Waals surface area contributed by atoms with Gasteiger partial charge in [-0.3, -0.25) is 9.59 Å². The Morgan fingerprint density at radius 1 is 1.17 bits per heavy atom. The van der Waals surface area contributed by atoms with E-state index in [-0.39, 0.29) is 17.4 Å². The van der Waals surface area contributed by atoms with Crippen LogP contribution in [0.2, 0.25) is 0 Å². The summed E-state index contributed by atoms with van der Waals surface area (Å²) in [6.07, 6.45) is 0. The molecule has 1 aromatic heterocycles. The number of anilines is 1. The SMILES string of the molecule is CC[NH+](CC)CC(=O)Nc1nn(-c2ccccc2)nc1C(N)=O. The first kappa shape index (κ1) is 16.6. The molecule has 0 spiro atoms. The van der Waals surface area contributed by atoms with Gasteiger partial charge in [0.2, 0.25) is 0 Å². The van der Waals surface area contributed by atoms with E-state index in [9.17, 15) is 9.59 Å². The molecular weight excluding hydrogens is 296 g/mol. The first-order valence-corrected chi connectivity index (χ1v) is 7.51. The molecule has 0 unspecified atom stereocenters. The number of hydrogen-bond donors (Lipinski definition) is 3. The van der Waals surface area contributed by atoms with Crippen molar-refractivity contribution in [3.8, 4) is 5.69 Å². The smallest absolute Gasteiger partial charge is 0.280 e. The van der Waals surface area contributed by atoms with Crippen molar-refractivity contribution < 1.29 is 14.5 Å². The third-order valence-corrected chi connectivity index (χ3v) is 3.50. The zero-order chi connectivity index (χ0) is 16.8. The minimum Gasteiger partial charge on any atom is -0.364 e. The standard InChI is InChI=1S/C15H20N6O2/c1-3-20(4-2)10-12(22)17-15-13(14(16)23)18-21(19-15)11-8-6-5-7-9-11/h5-9H,3-4,10H2,1-2H3,(H2,16,23)(H,17,19,22)/p+1. The van der Waals surface area contributed by atoms with Crippen molar-refractivity contribution in [1.82, 2.24) is 15.0 Å². The number of carbonyl (C=O) groups excluding carboxylic acids is 2. The molecule has 1 heterocycles. The number of hydrogen-bond acceptors (Lipinski definition) is 4. The molecule has 0 bridgehead atoms. The zero-order valence-electron chi connectivity index (χ0n) is 13.2. The van der Waals surface area contributed by atoms with Crippen LogP contribution in [0.3, 0.4) is 0 Å². The van der Waals surface area contributed by atoms with Gasteiger partial charge in [0.25, 0.3) is 11.8 Å². The molecule has 8 heteroatoms. The predicted octanol–water partition coefficient (Wildman–Crippen LogP) is -0.771. The number of nitrogens with one attached hydrogen (secondary N) is 2. The number of likely N-dealkylation sites (N-methyl/N-ethyl adjacent to an activating group) is 1. The highest BCUT2D eigenvalue weighted by Crippen LogP contribution is 2.12. The Hall–Kier alpha value is -2.74. The van der Waals surface area contributed by atoms with Crippen LogP contribution in [0.1, 0.15) is 24.3 Å². The molecule has 0 fully saturated rings. The normalized spacial score (nSPS) is 10.7. The summed E-state index contributed by atoms with van der Waals surface area (Å²) < 4.78 is 0. The Balaban J connectivity index is 2.22. The summed E-state index contributed by atoms with van der Waals surface area (Å²) in [5.41, 5.74) is 5.94. The van der Waals surface area contributed by atoms with Gasteiger partial charge in [-0.05, 0) is 26.0 Å². The molecule has 23 heavy (non-hydrogen) atoms. The quantitative estimate of drug-likeness (QED) is 0.623. The van der Waals surface area contributed by atoms with Gasteiger partial charge in [-0.1, -0.05) is 18.2 Å². The van der Waals surface area contributed by atoms with E-state index in [1.807, 2.05) is 32.0 Å². The molecule has 2 rings (SSSR count). The largest absolute Gasteiger partial charge is 0.364 e. The van der Waals surface area contributed by atoms with Crippen molar-refractivity contribution in [2.45, 2.75) is 13.8 Å². The molecule has 0 saturated heterocycles. The predicted molar refractivity (Wildman–Crippen MR) is 85.4 cm³/mol. The van der Waals surface area contributed by atoms with Gasteiger partial charge in [-0.25, -0.2) is 0 Å². The lowest BCUT2D eigenvalue weighted by Crippen LogP contribution is -3.12. The molecule has 0 aliphatic carbocycles. The van der Waals surface area contributed by atoms with Gasteiger partial charge < -0.3 is 16.0 Å². The van der Waals surface area contributed by atoms with Crippen LogP contribution in [0.15, 0.2) is 30.3 Å². The van der Waals surface area contributed by atoms with Gasteiger partial charge >= 0.3 is 0 Å². The number of aromatic nitrogens is 3. The van der Waals surface area contributed by atoms with Crippen molar-refractivity contribution in [3.05, 3.63) is 36.0 Å². The lowest BCUT2D eigenvalue weighted by molar-refractivity contribution is -0.888. The Morgan fingerprint density at radius 2 is 1.83 bits per heavy atom. The monoisotopic (exact) mass is 317 g/mol. The Bertz CT molecular complexity index is 679. The summed E-state index contributed by atoms with van der Waals surface area (Å²) in [5.74, 6) is -0.887. The van der Waals surface area contributed by atoms with E-state index < -0.39 is 5.91 Å². The Kier molecular flexibility index (Phi) is 5.42. The van der Waals surface area contributed by atoms with Crippen molar-refractivity contribution in [2.75, 3.05) is 25.0 Å². The number of nitrogens with two attached hydrogens (primary N) is 1. The molecule has 0 aliphatic rings. The maximum Gasteiger partial charge on any atom is 0.280 e. The van der Waals surface area contributed by atoms with Gasteiger partial charge in [0.1, 0.15) is 0 Å². The number of rotatable bonds is 7. The third-order valence-electron chi connectivity index (χ3n) is 3.50. The van der Waals surface area contributed by atoms with E-state index >= 15 is 0 Å². The van der Waals surface area contributed by atoms with E-state index in [1.165, 1.54) is 4.80 Å². The number of primary amides is 1. The van der Waals surface area contributed by atoms with Crippen molar-refractivity contribution in [2.24, 2.45) is 5.73 Å². The molecule has 0 radical (unpaired) electrons. The van der Waals surface area contributed by atoms with Crippen molar-refractivity contribution in [1.29, 1.82) is 0 Å². The van der Waals surface area contributed by atoms with Crippen LogP contribution >= 0.6 is 0 Å². The Labute approximate surface area is 134 Å². The summed E-state index contributed by atoms with van der Waals surface area (Å²) in [6, 6.07) is 9.08. The first-order chi connectivity index (χ1) is 11.0. The van der Waals surface area contributed by atoms with Crippen LogP contribution < -0.4 is 16.0 Å². The van der Waals surface area contributed by atoms with E-state index in [0.717, 1.165) is 18.0 Å². The maximum atomic E-state index is 12.1. The molecule has 2 aromatic rings. The molecule has 8 nitrogen and oxygen atoms in total. The Morgan fingerprint density at radius 3 is 2.39 bits per heavy atom. The number of nitrogens with zero attached hydrogens (tertiary/aromatic N) is 3. The second kappa shape index (κ2) is 7.50. The van der Waals surface area contributed by atoms with Crippen LogP contribution in [0.5, 0.6) is 0 Å². The molecule has 0 saturated carbocycles. The summed E-state index contributed by atoms with van der Waals surface area (Å²) in [4.78, 5) is 26.0. The fourth-order valence-electron chi connectivity index (χ4n) is 2.14. The van der Waals surface area contributed by atoms with Gasteiger partial charge in [0.15, 0.2) is 18.1 Å². The lowest BCUT2D eigenvalue weighted by atomic mass is 10.3. The molecular formula is C15H21N6O2+. The van der Waals surface area contributed by atoms with Gasteiger partial charge in [-0.15, -0.1) is 15.0 Å². The third kappa shape index (κ3) is 4.13. The van der Waals surface area contributed by atoms with Crippen LogP contribution in [-0.2, 0) is 4.79 Å².